The summed E-state index contributed by atoms with van der Waals surface area (Å²) in [6.07, 6.45) is 1.09. The topological polar surface area (TPSA) is 47.0 Å². The average molecular weight is 326 g/mol. The van der Waals surface area contributed by atoms with Crippen LogP contribution in [0.4, 0.5) is 10.3 Å². The molecule has 0 spiro atoms. The molecule has 19 heavy (non-hydrogen) atoms. The lowest BCUT2D eigenvalue weighted by atomic mass is 10.2. The predicted molar refractivity (Wildman–Crippen MR) is 75.1 cm³/mol. The SMILES string of the molecule is CCNc1ncc(F)c(Oc2ccc(Br)c(C)c2)n1. The largest absolute Gasteiger partial charge is 0.436 e. The number of nitrogens with zero attached hydrogens (tertiary/aromatic N) is 2. The van der Waals surface area contributed by atoms with Gasteiger partial charge in [-0.3, -0.25) is 0 Å². The van der Waals surface area contributed by atoms with Gasteiger partial charge in [0, 0.05) is 11.0 Å². The number of nitrogens with one attached hydrogen (secondary N) is 1. The highest BCUT2D eigenvalue weighted by molar-refractivity contribution is 9.10. The third-order valence-corrected chi connectivity index (χ3v) is 3.28. The van der Waals surface area contributed by atoms with Gasteiger partial charge in [-0.25, -0.2) is 4.98 Å². The van der Waals surface area contributed by atoms with E-state index in [-0.39, 0.29) is 5.88 Å². The van der Waals surface area contributed by atoms with Gasteiger partial charge in [0.05, 0.1) is 6.20 Å². The van der Waals surface area contributed by atoms with Gasteiger partial charge in [0.1, 0.15) is 5.75 Å². The summed E-state index contributed by atoms with van der Waals surface area (Å²) in [5.41, 5.74) is 0.999. The van der Waals surface area contributed by atoms with Crippen LogP contribution in [0.5, 0.6) is 11.6 Å². The molecule has 0 amide bonds. The molecule has 2 aromatic rings. The highest BCUT2D eigenvalue weighted by atomic mass is 79.9. The number of hydrogen-bond acceptors (Lipinski definition) is 4. The number of aryl methyl sites for hydroxylation is 1. The Labute approximate surface area is 119 Å². The minimum Gasteiger partial charge on any atom is -0.436 e. The number of ether oxygens (including phenoxy) is 1. The first kappa shape index (κ1) is 13.7. The zero-order valence-electron chi connectivity index (χ0n) is 10.6. The van der Waals surface area contributed by atoms with E-state index in [9.17, 15) is 4.39 Å². The van der Waals surface area contributed by atoms with Crippen LogP contribution in [0.15, 0.2) is 28.9 Å². The molecule has 0 aliphatic rings. The maximum absolute atomic E-state index is 13.6. The van der Waals surface area contributed by atoms with E-state index in [4.69, 9.17) is 4.74 Å². The molecule has 1 N–H and O–H groups in total. The maximum atomic E-state index is 13.6. The molecule has 0 unspecified atom stereocenters. The van der Waals surface area contributed by atoms with Crippen molar-refractivity contribution >= 4 is 21.9 Å². The van der Waals surface area contributed by atoms with E-state index < -0.39 is 5.82 Å². The molecule has 0 fully saturated rings. The van der Waals surface area contributed by atoms with Crippen LogP contribution in [0.2, 0.25) is 0 Å². The van der Waals surface area contributed by atoms with Gasteiger partial charge in [-0.2, -0.15) is 9.37 Å². The Morgan fingerprint density at radius 3 is 2.89 bits per heavy atom. The second kappa shape index (κ2) is 5.97. The Kier molecular flexibility index (Phi) is 4.31. The van der Waals surface area contributed by atoms with Crippen LogP contribution < -0.4 is 10.1 Å². The Morgan fingerprint density at radius 1 is 1.42 bits per heavy atom. The van der Waals surface area contributed by atoms with Crippen LogP contribution in [-0.2, 0) is 0 Å². The fourth-order valence-electron chi connectivity index (χ4n) is 1.46. The molecule has 2 rings (SSSR count). The van der Waals surface area contributed by atoms with Crippen molar-refractivity contribution in [2.45, 2.75) is 13.8 Å². The molecule has 0 bridgehead atoms. The third kappa shape index (κ3) is 3.41. The van der Waals surface area contributed by atoms with Gasteiger partial charge in [-0.1, -0.05) is 15.9 Å². The van der Waals surface area contributed by atoms with Gasteiger partial charge >= 0.3 is 0 Å². The number of benzene rings is 1. The quantitative estimate of drug-likeness (QED) is 0.925. The van der Waals surface area contributed by atoms with E-state index in [1.165, 1.54) is 0 Å². The van der Waals surface area contributed by atoms with Crippen LogP contribution in [-0.4, -0.2) is 16.5 Å². The van der Waals surface area contributed by atoms with E-state index in [1.807, 2.05) is 19.9 Å². The molecule has 4 nitrogen and oxygen atoms in total. The van der Waals surface area contributed by atoms with Gasteiger partial charge < -0.3 is 10.1 Å². The molecule has 0 saturated carbocycles. The molecule has 1 heterocycles. The van der Waals surface area contributed by atoms with Gasteiger partial charge in [0.15, 0.2) is 0 Å². The molecule has 6 heteroatoms. The van der Waals surface area contributed by atoms with E-state index in [0.717, 1.165) is 16.2 Å². The maximum Gasteiger partial charge on any atom is 0.260 e. The molecule has 0 radical (unpaired) electrons. The molecule has 0 atom stereocenters. The lowest BCUT2D eigenvalue weighted by molar-refractivity contribution is 0.420. The molecule has 0 aliphatic carbocycles. The van der Waals surface area contributed by atoms with Crippen molar-refractivity contribution in [3.05, 3.63) is 40.2 Å². The Hall–Kier alpha value is -1.69. The first-order valence-corrected chi connectivity index (χ1v) is 6.60. The van der Waals surface area contributed by atoms with Crippen molar-refractivity contribution in [1.29, 1.82) is 0 Å². The van der Waals surface area contributed by atoms with Crippen molar-refractivity contribution in [3.63, 3.8) is 0 Å². The number of halogens is 2. The number of aromatic nitrogens is 2. The third-order valence-electron chi connectivity index (χ3n) is 2.39. The van der Waals surface area contributed by atoms with Crippen LogP contribution in [0, 0.1) is 12.7 Å². The number of rotatable bonds is 4. The normalized spacial score (nSPS) is 10.3. The highest BCUT2D eigenvalue weighted by Gasteiger charge is 2.09. The van der Waals surface area contributed by atoms with E-state index in [0.29, 0.717) is 18.2 Å². The number of hydrogen-bond donors (Lipinski definition) is 1. The van der Waals surface area contributed by atoms with Crippen LogP contribution in [0.1, 0.15) is 12.5 Å². The van der Waals surface area contributed by atoms with Gasteiger partial charge in [-0.15, -0.1) is 0 Å². The Bertz CT molecular complexity index is 592. The van der Waals surface area contributed by atoms with Gasteiger partial charge in [-0.05, 0) is 37.6 Å². The van der Waals surface area contributed by atoms with Crippen molar-refractivity contribution in [1.82, 2.24) is 9.97 Å². The summed E-state index contributed by atoms with van der Waals surface area (Å²) >= 11 is 3.40. The summed E-state index contributed by atoms with van der Waals surface area (Å²) in [4.78, 5) is 7.80. The molecule has 1 aromatic carbocycles. The minimum atomic E-state index is -0.595. The molecule has 1 aromatic heterocycles. The molecule has 100 valence electrons. The summed E-state index contributed by atoms with van der Waals surface area (Å²) in [5.74, 6) is 0.184. The summed E-state index contributed by atoms with van der Waals surface area (Å²) in [6.45, 7) is 4.49. The first-order chi connectivity index (χ1) is 9.10. The van der Waals surface area contributed by atoms with Crippen LogP contribution >= 0.6 is 15.9 Å². The fraction of sp³-hybridized carbons (Fsp3) is 0.231. The van der Waals surface area contributed by atoms with Gasteiger partial charge in [0.2, 0.25) is 11.8 Å². The van der Waals surface area contributed by atoms with E-state index >= 15 is 0 Å². The monoisotopic (exact) mass is 325 g/mol. The zero-order chi connectivity index (χ0) is 13.8. The lowest BCUT2D eigenvalue weighted by Crippen LogP contribution is -2.04. The van der Waals surface area contributed by atoms with Gasteiger partial charge in [0.25, 0.3) is 5.88 Å². The molecule has 0 saturated heterocycles. The summed E-state index contributed by atoms with van der Waals surface area (Å²) < 4.78 is 20.0. The highest BCUT2D eigenvalue weighted by Crippen LogP contribution is 2.26. The zero-order valence-corrected chi connectivity index (χ0v) is 12.2. The Morgan fingerprint density at radius 2 is 2.21 bits per heavy atom. The van der Waals surface area contributed by atoms with Crippen molar-refractivity contribution in [2.75, 3.05) is 11.9 Å². The Balaban J connectivity index is 2.26. The predicted octanol–water partition coefficient (Wildman–Crippen LogP) is 3.91. The smallest absolute Gasteiger partial charge is 0.260 e. The minimum absolute atomic E-state index is 0.0901. The van der Waals surface area contributed by atoms with E-state index in [1.54, 1.807) is 12.1 Å². The average Bonchev–Trinajstić information content (AvgIpc) is 2.38. The second-order valence-corrected chi connectivity index (χ2v) is 4.74. The van der Waals surface area contributed by atoms with Crippen molar-refractivity contribution in [2.24, 2.45) is 0 Å². The lowest BCUT2D eigenvalue weighted by Gasteiger charge is -2.08. The molecular formula is C13H13BrFN3O. The fourth-order valence-corrected chi connectivity index (χ4v) is 1.71. The summed E-state index contributed by atoms with van der Waals surface area (Å²) in [6, 6.07) is 5.39. The summed E-state index contributed by atoms with van der Waals surface area (Å²) in [5, 5.41) is 2.91. The van der Waals surface area contributed by atoms with E-state index in [2.05, 4.69) is 31.2 Å². The van der Waals surface area contributed by atoms with Crippen LogP contribution in [0.3, 0.4) is 0 Å². The molecule has 0 aliphatic heterocycles. The second-order valence-electron chi connectivity index (χ2n) is 3.89. The van der Waals surface area contributed by atoms with Crippen LogP contribution in [0.25, 0.3) is 0 Å². The van der Waals surface area contributed by atoms with Crippen molar-refractivity contribution in [3.8, 4) is 11.6 Å². The molecular weight excluding hydrogens is 313 g/mol. The summed E-state index contributed by atoms with van der Waals surface area (Å²) in [7, 11) is 0. The first-order valence-electron chi connectivity index (χ1n) is 5.80. The van der Waals surface area contributed by atoms with Crippen molar-refractivity contribution < 1.29 is 9.13 Å². The number of anilines is 1. The standard InChI is InChI=1S/C13H13BrFN3O/c1-3-16-13-17-7-11(15)12(18-13)19-9-4-5-10(14)8(2)6-9/h4-7H,3H2,1-2H3,(H,16,17,18).